The molecule has 178 valence electrons. The van der Waals surface area contributed by atoms with Crippen molar-refractivity contribution in [3.63, 3.8) is 0 Å². The Morgan fingerprint density at radius 2 is 1.65 bits per heavy atom. The van der Waals surface area contributed by atoms with E-state index in [1.54, 1.807) is 31.2 Å². The summed E-state index contributed by atoms with van der Waals surface area (Å²) in [5.41, 5.74) is 1.46. The number of hydrogen-bond acceptors (Lipinski definition) is 6. The number of carbonyl (C=O) groups is 1. The van der Waals surface area contributed by atoms with Crippen molar-refractivity contribution < 1.29 is 21.6 Å². The van der Waals surface area contributed by atoms with Gasteiger partial charge < -0.3 is 5.32 Å². The molecule has 1 fully saturated rings. The Kier molecular flexibility index (Phi) is 6.69. The Hall–Kier alpha value is -3.28. The molecule has 2 N–H and O–H groups in total. The first kappa shape index (κ1) is 23.9. The molecule has 0 saturated carbocycles. The van der Waals surface area contributed by atoms with Gasteiger partial charge in [-0.25, -0.2) is 16.8 Å². The summed E-state index contributed by atoms with van der Waals surface area (Å²) in [7, 11) is -7.49. The molecule has 1 aromatic heterocycles. The summed E-state index contributed by atoms with van der Waals surface area (Å²) in [6.45, 7) is 2.65. The largest absolute Gasteiger partial charge is 0.322 e. The van der Waals surface area contributed by atoms with Crippen molar-refractivity contribution in [1.82, 2.24) is 9.29 Å². The number of rotatable bonds is 7. The van der Waals surface area contributed by atoms with Crippen LogP contribution in [0.2, 0.25) is 0 Å². The maximum Gasteiger partial charge on any atom is 0.261 e. The van der Waals surface area contributed by atoms with Crippen LogP contribution in [-0.2, 0) is 20.0 Å². The van der Waals surface area contributed by atoms with E-state index in [0.717, 1.165) is 12.8 Å². The van der Waals surface area contributed by atoms with Crippen molar-refractivity contribution in [3.05, 3.63) is 78.1 Å². The zero-order valence-corrected chi connectivity index (χ0v) is 20.1. The average Bonchev–Trinajstić information content (AvgIpc) is 3.36. The summed E-state index contributed by atoms with van der Waals surface area (Å²) in [5, 5.41) is 2.68. The highest BCUT2D eigenvalue weighted by molar-refractivity contribution is 7.92. The van der Waals surface area contributed by atoms with Gasteiger partial charge in [0, 0.05) is 30.5 Å². The second kappa shape index (κ2) is 9.53. The number of carbonyl (C=O) groups excluding carboxylic acids is 1. The molecular formula is C23H24N4O5S2. The third-order valence-corrected chi connectivity index (χ3v) is 8.91. The Labute approximate surface area is 198 Å². The van der Waals surface area contributed by atoms with Crippen molar-refractivity contribution in [2.75, 3.05) is 23.1 Å². The Balaban J connectivity index is 1.50. The van der Waals surface area contributed by atoms with Gasteiger partial charge in [-0.3, -0.25) is 14.5 Å². The van der Waals surface area contributed by atoms with E-state index in [1.165, 1.54) is 47.0 Å². The first-order valence-corrected chi connectivity index (χ1v) is 13.5. The van der Waals surface area contributed by atoms with Gasteiger partial charge in [-0.2, -0.15) is 4.31 Å². The van der Waals surface area contributed by atoms with Gasteiger partial charge in [0.1, 0.15) is 0 Å². The van der Waals surface area contributed by atoms with E-state index in [0.29, 0.717) is 30.0 Å². The van der Waals surface area contributed by atoms with Crippen molar-refractivity contribution in [2.45, 2.75) is 29.6 Å². The van der Waals surface area contributed by atoms with E-state index in [2.05, 4.69) is 15.0 Å². The molecule has 34 heavy (non-hydrogen) atoms. The summed E-state index contributed by atoms with van der Waals surface area (Å²) in [6, 6.07) is 13.4. The van der Waals surface area contributed by atoms with E-state index >= 15 is 0 Å². The van der Waals surface area contributed by atoms with E-state index in [1.807, 2.05) is 0 Å². The Bertz CT molecular complexity index is 1400. The third kappa shape index (κ3) is 5.11. The molecule has 2 aromatic carbocycles. The Morgan fingerprint density at radius 3 is 2.29 bits per heavy atom. The van der Waals surface area contributed by atoms with Crippen LogP contribution < -0.4 is 10.0 Å². The monoisotopic (exact) mass is 500 g/mol. The minimum atomic E-state index is -3.82. The van der Waals surface area contributed by atoms with Gasteiger partial charge in [-0.05, 0) is 73.9 Å². The van der Waals surface area contributed by atoms with Crippen LogP contribution in [0.1, 0.15) is 28.8 Å². The molecule has 2 heterocycles. The fourth-order valence-corrected chi connectivity index (χ4v) is 6.46. The third-order valence-electron chi connectivity index (χ3n) is 5.47. The van der Waals surface area contributed by atoms with Crippen LogP contribution in [-0.4, -0.2) is 45.1 Å². The molecule has 0 bridgehead atoms. The molecule has 1 aliphatic heterocycles. The van der Waals surface area contributed by atoms with Crippen molar-refractivity contribution in [2.24, 2.45) is 0 Å². The predicted octanol–water partition coefficient (Wildman–Crippen LogP) is 3.23. The van der Waals surface area contributed by atoms with Gasteiger partial charge in [0.2, 0.25) is 10.0 Å². The molecule has 9 nitrogen and oxygen atoms in total. The molecule has 0 atom stereocenters. The molecule has 3 aromatic rings. The smallest absolute Gasteiger partial charge is 0.261 e. The summed E-state index contributed by atoms with van der Waals surface area (Å²) in [5.74, 6) is -0.498. The number of aromatic nitrogens is 1. The number of nitrogens with zero attached hydrogens (tertiary/aromatic N) is 2. The van der Waals surface area contributed by atoms with Crippen LogP contribution >= 0.6 is 0 Å². The molecule has 1 saturated heterocycles. The molecule has 1 aliphatic rings. The Morgan fingerprint density at radius 1 is 0.941 bits per heavy atom. The van der Waals surface area contributed by atoms with Crippen molar-refractivity contribution in [3.8, 4) is 0 Å². The minimum absolute atomic E-state index is 0.0173. The number of pyridine rings is 1. The van der Waals surface area contributed by atoms with Gasteiger partial charge in [-0.15, -0.1) is 0 Å². The number of nitrogens with one attached hydrogen (secondary N) is 2. The van der Waals surface area contributed by atoms with Crippen LogP contribution in [0.15, 0.2) is 76.8 Å². The average molecular weight is 501 g/mol. The molecule has 0 spiro atoms. The number of hydrogen-bond donors (Lipinski definition) is 2. The number of amides is 1. The fraction of sp³-hybridized carbons (Fsp3) is 0.217. The second-order valence-corrected chi connectivity index (χ2v) is 11.5. The molecule has 11 heteroatoms. The topological polar surface area (TPSA) is 126 Å². The van der Waals surface area contributed by atoms with Crippen LogP contribution in [0, 0.1) is 6.92 Å². The van der Waals surface area contributed by atoms with E-state index in [-0.39, 0.29) is 15.4 Å². The summed E-state index contributed by atoms with van der Waals surface area (Å²) in [6.07, 6.45) is 4.57. The fourth-order valence-electron chi connectivity index (χ4n) is 3.64. The maximum absolute atomic E-state index is 13.0. The van der Waals surface area contributed by atoms with Gasteiger partial charge in [0.05, 0.1) is 21.7 Å². The standard InChI is InChI=1S/C23H24N4O5S2/c1-17-6-7-18(15-22(17)34(31,32)27-13-2-3-14-27)23(28)25-19-8-10-21(11-9-19)33(29,30)26-20-5-4-12-24-16-20/h4-12,15-16,26H,2-3,13-14H2,1H3,(H,25,28). The summed E-state index contributed by atoms with van der Waals surface area (Å²) in [4.78, 5) is 16.8. The highest BCUT2D eigenvalue weighted by Crippen LogP contribution is 2.25. The van der Waals surface area contributed by atoms with Gasteiger partial charge in [0.15, 0.2) is 0 Å². The molecule has 0 aliphatic carbocycles. The summed E-state index contributed by atoms with van der Waals surface area (Å²) >= 11 is 0. The zero-order chi connectivity index (χ0) is 24.3. The first-order valence-electron chi connectivity index (χ1n) is 10.6. The first-order chi connectivity index (χ1) is 16.2. The zero-order valence-electron chi connectivity index (χ0n) is 18.4. The normalized spacial score (nSPS) is 14.6. The van der Waals surface area contributed by atoms with E-state index in [4.69, 9.17) is 0 Å². The van der Waals surface area contributed by atoms with Gasteiger partial charge >= 0.3 is 0 Å². The second-order valence-electron chi connectivity index (χ2n) is 7.92. The molecular weight excluding hydrogens is 476 g/mol. The van der Waals surface area contributed by atoms with E-state index < -0.39 is 26.0 Å². The number of aryl methyl sites for hydroxylation is 1. The lowest BCUT2D eigenvalue weighted by molar-refractivity contribution is 0.102. The predicted molar refractivity (Wildman–Crippen MR) is 129 cm³/mol. The molecule has 0 unspecified atom stereocenters. The summed E-state index contributed by atoms with van der Waals surface area (Å²) < 4.78 is 54.9. The van der Waals surface area contributed by atoms with Crippen LogP contribution in [0.5, 0.6) is 0 Å². The number of sulfonamides is 2. The number of benzene rings is 2. The highest BCUT2D eigenvalue weighted by Gasteiger charge is 2.29. The lowest BCUT2D eigenvalue weighted by Gasteiger charge is -2.18. The lowest BCUT2D eigenvalue weighted by atomic mass is 10.1. The minimum Gasteiger partial charge on any atom is -0.322 e. The van der Waals surface area contributed by atoms with E-state index in [9.17, 15) is 21.6 Å². The highest BCUT2D eigenvalue weighted by atomic mass is 32.2. The van der Waals surface area contributed by atoms with Gasteiger partial charge in [-0.1, -0.05) is 6.07 Å². The lowest BCUT2D eigenvalue weighted by Crippen LogP contribution is -2.28. The van der Waals surface area contributed by atoms with Crippen LogP contribution in [0.3, 0.4) is 0 Å². The molecule has 1 amide bonds. The molecule has 4 rings (SSSR count). The van der Waals surface area contributed by atoms with Gasteiger partial charge in [0.25, 0.3) is 15.9 Å². The van der Waals surface area contributed by atoms with Crippen molar-refractivity contribution >= 4 is 37.3 Å². The maximum atomic E-state index is 13.0. The quantitative estimate of drug-likeness (QED) is 0.513. The number of anilines is 2. The molecule has 0 radical (unpaired) electrons. The van der Waals surface area contributed by atoms with Crippen molar-refractivity contribution in [1.29, 1.82) is 0 Å². The SMILES string of the molecule is Cc1ccc(C(=O)Nc2ccc(S(=O)(=O)Nc3cccnc3)cc2)cc1S(=O)(=O)N1CCCC1. The van der Waals surface area contributed by atoms with Crippen LogP contribution in [0.25, 0.3) is 0 Å². The van der Waals surface area contributed by atoms with Crippen LogP contribution in [0.4, 0.5) is 11.4 Å².